The molecule has 0 saturated heterocycles. The lowest BCUT2D eigenvalue weighted by molar-refractivity contribution is 0.241. The molecule has 0 atom stereocenters. The summed E-state index contributed by atoms with van der Waals surface area (Å²) >= 11 is 0. The molecular weight excluding hydrogens is 188 g/mol. The zero-order valence-corrected chi connectivity index (χ0v) is 9.12. The van der Waals surface area contributed by atoms with Crippen LogP contribution in [0.15, 0.2) is 30.3 Å². The highest BCUT2D eigenvalue weighted by Crippen LogP contribution is 1.97. The Kier molecular flexibility index (Phi) is 5.30. The molecule has 0 radical (unpaired) electrons. The first-order valence-corrected chi connectivity index (χ1v) is 5.38. The maximum Gasteiger partial charge on any atom is 0.314 e. The molecule has 0 bridgehead atoms. The first-order valence-electron chi connectivity index (χ1n) is 5.38. The van der Waals surface area contributed by atoms with E-state index in [9.17, 15) is 4.79 Å². The van der Waals surface area contributed by atoms with E-state index < -0.39 is 0 Å². The lowest BCUT2D eigenvalue weighted by atomic mass is 10.1. The Morgan fingerprint density at radius 1 is 1.13 bits per heavy atom. The van der Waals surface area contributed by atoms with Gasteiger partial charge in [0.2, 0.25) is 0 Å². The van der Waals surface area contributed by atoms with Crippen molar-refractivity contribution < 1.29 is 4.79 Å². The predicted octanol–water partition coefficient (Wildman–Crippen LogP) is 1.94. The zero-order valence-electron chi connectivity index (χ0n) is 9.12. The quantitative estimate of drug-likeness (QED) is 0.759. The van der Waals surface area contributed by atoms with Crippen LogP contribution in [0, 0.1) is 0 Å². The molecule has 0 aromatic heterocycles. The third kappa shape index (κ3) is 5.05. The van der Waals surface area contributed by atoms with Gasteiger partial charge < -0.3 is 10.6 Å². The van der Waals surface area contributed by atoms with E-state index in [1.807, 2.05) is 25.1 Å². The van der Waals surface area contributed by atoms with Gasteiger partial charge in [-0.1, -0.05) is 37.3 Å². The number of rotatable bonds is 5. The number of amides is 2. The third-order valence-electron chi connectivity index (χ3n) is 2.08. The molecule has 0 aliphatic heterocycles. The summed E-state index contributed by atoms with van der Waals surface area (Å²) < 4.78 is 0. The van der Waals surface area contributed by atoms with Gasteiger partial charge in [-0.2, -0.15) is 0 Å². The smallest absolute Gasteiger partial charge is 0.314 e. The standard InChI is InChI=1S/C12H18N2O/c1-2-9-13-12(15)14-10-8-11-6-4-3-5-7-11/h3-7H,2,8-10H2,1H3,(H2,13,14,15). The van der Waals surface area contributed by atoms with Crippen LogP contribution >= 0.6 is 0 Å². The minimum absolute atomic E-state index is 0.0761. The Labute approximate surface area is 90.9 Å². The second kappa shape index (κ2) is 6.87. The molecule has 0 saturated carbocycles. The van der Waals surface area contributed by atoms with Gasteiger partial charge in [-0.15, -0.1) is 0 Å². The van der Waals surface area contributed by atoms with Gasteiger partial charge in [0.1, 0.15) is 0 Å². The van der Waals surface area contributed by atoms with Gasteiger partial charge in [0.15, 0.2) is 0 Å². The number of hydrogen-bond donors (Lipinski definition) is 2. The van der Waals surface area contributed by atoms with Crippen LogP contribution in [0.1, 0.15) is 18.9 Å². The highest BCUT2D eigenvalue weighted by atomic mass is 16.2. The Morgan fingerprint density at radius 3 is 2.47 bits per heavy atom. The first kappa shape index (κ1) is 11.6. The summed E-state index contributed by atoms with van der Waals surface area (Å²) in [5.41, 5.74) is 1.24. The topological polar surface area (TPSA) is 41.1 Å². The highest BCUT2D eigenvalue weighted by Gasteiger charge is 1.97. The molecule has 82 valence electrons. The summed E-state index contributed by atoms with van der Waals surface area (Å²) in [7, 11) is 0. The number of nitrogens with one attached hydrogen (secondary N) is 2. The molecule has 0 aliphatic rings. The van der Waals surface area contributed by atoms with Gasteiger partial charge >= 0.3 is 6.03 Å². The third-order valence-corrected chi connectivity index (χ3v) is 2.08. The predicted molar refractivity (Wildman–Crippen MR) is 61.8 cm³/mol. The Balaban J connectivity index is 2.14. The van der Waals surface area contributed by atoms with Crippen molar-refractivity contribution in [3.63, 3.8) is 0 Å². The largest absolute Gasteiger partial charge is 0.338 e. The van der Waals surface area contributed by atoms with Gasteiger partial charge in [-0.3, -0.25) is 0 Å². The minimum atomic E-state index is -0.0761. The second-order valence-corrected chi connectivity index (χ2v) is 3.42. The monoisotopic (exact) mass is 206 g/mol. The Morgan fingerprint density at radius 2 is 1.80 bits per heavy atom. The molecule has 15 heavy (non-hydrogen) atoms. The van der Waals surface area contributed by atoms with Crippen LogP contribution in [-0.4, -0.2) is 19.1 Å². The lowest BCUT2D eigenvalue weighted by Gasteiger charge is -2.06. The van der Waals surface area contributed by atoms with Crippen LogP contribution in [0.5, 0.6) is 0 Å². The fourth-order valence-corrected chi connectivity index (χ4v) is 1.27. The van der Waals surface area contributed by atoms with E-state index in [1.165, 1.54) is 5.56 Å². The zero-order chi connectivity index (χ0) is 10.9. The molecule has 0 unspecified atom stereocenters. The lowest BCUT2D eigenvalue weighted by Crippen LogP contribution is -2.36. The second-order valence-electron chi connectivity index (χ2n) is 3.42. The van der Waals surface area contributed by atoms with Crippen molar-refractivity contribution in [1.29, 1.82) is 0 Å². The minimum Gasteiger partial charge on any atom is -0.338 e. The fourth-order valence-electron chi connectivity index (χ4n) is 1.27. The summed E-state index contributed by atoms with van der Waals surface area (Å²) in [6.45, 7) is 3.45. The fraction of sp³-hybridized carbons (Fsp3) is 0.417. The summed E-state index contributed by atoms with van der Waals surface area (Å²) in [6, 6.07) is 10.0. The van der Waals surface area contributed by atoms with Crippen LogP contribution in [0.2, 0.25) is 0 Å². The van der Waals surface area contributed by atoms with Crippen molar-refractivity contribution in [3.8, 4) is 0 Å². The number of benzene rings is 1. The van der Waals surface area contributed by atoms with Crippen LogP contribution in [-0.2, 0) is 6.42 Å². The van der Waals surface area contributed by atoms with E-state index in [4.69, 9.17) is 0 Å². The van der Waals surface area contributed by atoms with Gasteiger partial charge in [-0.05, 0) is 18.4 Å². The van der Waals surface area contributed by atoms with Crippen molar-refractivity contribution in [2.75, 3.05) is 13.1 Å². The number of carbonyl (C=O) groups is 1. The molecule has 2 amide bonds. The molecule has 1 aromatic rings. The van der Waals surface area contributed by atoms with E-state index in [2.05, 4.69) is 22.8 Å². The van der Waals surface area contributed by atoms with Crippen LogP contribution in [0.25, 0.3) is 0 Å². The van der Waals surface area contributed by atoms with Crippen molar-refractivity contribution in [3.05, 3.63) is 35.9 Å². The molecule has 1 rings (SSSR count). The molecule has 1 aromatic carbocycles. The average Bonchev–Trinajstić information content (AvgIpc) is 2.28. The van der Waals surface area contributed by atoms with Crippen LogP contribution < -0.4 is 10.6 Å². The van der Waals surface area contributed by atoms with Gasteiger partial charge in [0.05, 0.1) is 0 Å². The normalized spacial score (nSPS) is 9.67. The molecule has 2 N–H and O–H groups in total. The summed E-state index contributed by atoms with van der Waals surface area (Å²) in [6.07, 6.45) is 1.84. The molecule has 0 aliphatic carbocycles. The van der Waals surface area contributed by atoms with Crippen molar-refractivity contribution in [2.24, 2.45) is 0 Å². The Bertz CT molecular complexity index is 285. The maximum absolute atomic E-state index is 11.2. The molecule has 0 heterocycles. The Hall–Kier alpha value is -1.51. The van der Waals surface area contributed by atoms with E-state index in [-0.39, 0.29) is 6.03 Å². The van der Waals surface area contributed by atoms with E-state index in [1.54, 1.807) is 0 Å². The molecule has 3 nitrogen and oxygen atoms in total. The molecular formula is C12H18N2O. The van der Waals surface area contributed by atoms with E-state index in [0.29, 0.717) is 6.54 Å². The summed E-state index contributed by atoms with van der Waals surface area (Å²) in [4.78, 5) is 11.2. The van der Waals surface area contributed by atoms with Crippen LogP contribution in [0.3, 0.4) is 0 Å². The average molecular weight is 206 g/mol. The van der Waals surface area contributed by atoms with Gasteiger partial charge in [0, 0.05) is 13.1 Å². The SMILES string of the molecule is CCCNC(=O)NCCc1ccccc1. The summed E-state index contributed by atoms with van der Waals surface area (Å²) in [5.74, 6) is 0. The number of carbonyl (C=O) groups excluding carboxylic acids is 1. The van der Waals surface area contributed by atoms with Gasteiger partial charge in [0.25, 0.3) is 0 Å². The van der Waals surface area contributed by atoms with E-state index >= 15 is 0 Å². The van der Waals surface area contributed by atoms with Crippen molar-refractivity contribution in [2.45, 2.75) is 19.8 Å². The molecule has 0 spiro atoms. The van der Waals surface area contributed by atoms with Crippen LogP contribution in [0.4, 0.5) is 4.79 Å². The number of urea groups is 1. The maximum atomic E-state index is 11.2. The van der Waals surface area contributed by atoms with Crippen molar-refractivity contribution >= 4 is 6.03 Å². The number of hydrogen-bond acceptors (Lipinski definition) is 1. The first-order chi connectivity index (χ1) is 7.33. The van der Waals surface area contributed by atoms with Gasteiger partial charge in [-0.25, -0.2) is 4.79 Å². The summed E-state index contributed by atoms with van der Waals surface area (Å²) in [5, 5.41) is 5.58. The van der Waals surface area contributed by atoms with E-state index in [0.717, 1.165) is 19.4 Å². The highest BCUT2D eigenvalue weighted by molar-refractivity contribution is 5.73. The van der Waals surface area contributed by atoms with Crippen molar-refractivity contribution in [1.82, 2.24) is 10.6 Å². The molecule has 3 heteroatoms. The molecule has 0 fully saturated rings.